The molecule has 0 saturated heterocycles. The van der Waals surface area contributed by atoms with Crippen LogP contribution in [-0.4, -0.2) is 33.1 Å². The number of benzene rings is 2. The molecule has 1 amide bonds. The molecule has 8 nitrogen and oxygen atoms in total. The standard InChI is InChI=1S/C24H22ClN5O3/c1-15-12-18(13-26-28-23(31)14-33-20-10-8-19(25)9-11-20)16(2)29(15)30-17(3)27-22-7-5-4-6-21(22)24(30)32/h4-13H,14H2,1-3H3,(H,28,31). The fourth-order valence-electron chi connectivity index (χ4n) is 3.57. The Hall–Kier alpha value is -3.91. The zero-order valence-electron chi connectivity index (χ0n) is 18.4. The molecule has 0 unspecified atom stereocenters. The molecule has 0 saturated carbocycles. The lowest BCUT2D eigenvalue weighted by molar-refractivity contribution is -0.123. The predicted molar refractivity (Wildman–Crippen MR) is 128 cm³/mol. The SMILES string of the molecule is Cc1cc(C=NNC(=O)COc2ccc(Cl)cc2)c(C)n1-n1c(C)nc2ccccc2c1=O. The molecule has 0 bridgehead atoms. The van der Waals surface area contributed by atoms with Crippen LogP contribution in [0.2, 0.25) is 5.02 Å². The van der Waals surface area contributed by atoms with Crippen LogP contribution in [0.1, 0.15) is 22.8 Å². The molecule has 4 rings (SSSR count). The van der Waals surface area contributed by atoms with E-state index in [-0.39, 0.29) is 12.2 Å². The van der Waals surface area contributed by atoms with Crippen LogP contribution in [0.4, 0.5) is 0 Å². The second kappa shape index (κ2) is 9.30. The van der Waals surface area contributed by atoms with E-state index in [1.54, 1.807) is 46.6 Å². The number of aromatic nitrogens is 3. The summed E-state index contributed by atoms with van der Waals surface area (Å²) >= 11 is 5.83. The lowest BCUT2D eigenvalue weighted by Gasteiger charge is -2.16. The topological polar surface area (TPSA) is 90.5 Å². The van der Waals surface area contributed by atoms with Gasteiger partial charge in [-0.25, -0.2) is 10.4 Å². The largest absolute Gasteiger partial charge is 0.484 e. The Morgan fingerprint density at radius 2 is 1.85 bits per heavy atom. The zero-order chi connectivity index (χ0) is 23.5. The third kappa shape index (κ3) is 4.65. The zero-order valence-corrected chi connectivity index (χ0v) is 19.1. The van der Waals surface area contributed by atoms with Crippen molar-refractivity contribution in [3.8, 4) is 5.75 Å². The van der Waals surface area contributed by atoms with E-state index < -0.39 is 5.91 Å². The quantitative estimate of drug-likeness (QED) is 0.349. The van der Waals surface area contributed by atoms with Crippen LogP contribution in [0, 0.1) is 20.8 Å². The number of ether oxygens (including phenoxy) is 1. The molecule has 0 radical (unpaired) electrons. The van der Waals surface area contributed by atoms with Gasteiger partial charge in [-0.15, -0.1) is 0 Å². The van der Waals surface area contributed by atoms with Gasteiger partial charge >= 0.3 is 0 Å². The van der Waals surface area contributed by atoms with Gasteiger partial charge < -0.3 is 4.74 Å². The second-order valence-electron chi connectivity index (χ2n) is 7.47. The summed E-state index contributed by atoms with van der Waals surface area (Å²) in [4.78, 5) is 29.8. The molecule has 0 aliphatic rings. The van der Waals surface area contributed by atoms with Crippen LogP contribution in [0.25, 0.3) is 10.9 Å². The highest BCUT2D eigenvalue weighted by atomic mass is 35.5. The number of hydrazone groups is 1. The van der Waals surface area contributed by atoms with Gasteiger partial charge in [0.1, 0.15) is 11.6 Å². The first kappa shape index (κ1) is 22.3. The van der Waals surface area contributed by atoms with Gasteiger partial charge in [-0.3, -0.25) is 14.3 Å². The number of carbonyl (C=O) groups is 1. The van der Waals surface area contributed by atoms with Gasteiger partial charge in [-0.1, -0.05) is 23.7 Å². The summed E-state index contributed by atoms with van der Waals surface area (Å²) in [5, 5.41) is 5.16. The Morgan fingerprint density at radius 1 is 1.12 bits per heavy atom. The Bertz CT molecular complexity index is 1420. The molecule has 0 spiro atoms. The summed E-state index contributed by atoms with van der Waals surface area (Å²) in [5.41, 5.74) is 5.31. The van der Waals surface area contributed by atoms with E-state index in [9.17, 15) is 9.59 Å². The molecule has 168 valence electrons. The number of para-hydroxylation sites is 1. The summed E-state index contributed by atoms with van der Waals surface area (Å²) in [6.45, 7) is 5.38. The highest BCUT2D eigenvalue weighted by Crippen LogP contribution is 2.16. The number of rotatable bonds is 6. The van der Waals surface area contributed by atoms with Crippen molar-refractivity contribution in [2.75, 3.05) is 6.61 Å². The fourth-order valence-corrected chi connectivity index (χ4v) is 3.70. The Labute approximate surface area is 195 Å². The highest BCUT2D eigenvalue weighted by Gasteiger charge is 2.15. The molecule has 1 N–H and O–H groups in total. The van der Waals surface area contributed by atoms with Crippen molar-refractivity contribution in [3.63, 3.8) is 0 Å². The number of fused-ring (bicyclic) bond motifs is 1. The van der Waals surface area contributed by atoms with Crippen LogP contribution < -0.4 is 15.7 Å². The maximum Gasteiger partial charge on any atom is 0.280 e. The molecule has 2 aromatic carbocycles. The van der Waals surface area contributed by atoms with Crippen molar-refractivity contribution in [2.24, 2.45) is 5.10 Å². The van der Waals surface area contributed by atoms with Crippen LogP contribution in [0.15, 0.2) is 64.5 Å². The van der Waals surface area contributed by atoms with Crippen LogP contribution >= 0.6 is 11.6 Å². The molecule has 0 atom stereocenters. The van der Waals surface area contributed by atoms with E-state index >= 15 is 0 Å². The van der Waals surface area contributed by atoms with Crippen molar-refractivity contribution in [3.05, 3.63) is 92.7 Å². The molecule has 0 aliphatic heterocycles. The normalized spacial score (nSPS) is 11.3. The van der Waals surface area contributed by atoms with Crippen LogP contribution in [0.5, 0.6) is 5.75 Å². The number of halogens is 1. The lowest BCUT2D eigenvalue weighted by Crippen LogP contribution is -2.31. The van der Waals surface area contributed by atoms with Gasteiger partial charge in [-0.2, -0.15) is 9.78 Å². The van der Waals surface area contributed by atoms with Crippen molar-refractivity contribution in [1.82, 2.24) is 19.8 Å². The number of carbonyl (C=O) groups excluding carboxylic acids is 1. The molecular formula is C24H22ClN5O3. The Kier molecular flexibility index (Phi) is 6.28. The third-order valence-corrected chi connectivity index (χ3v) is 5.38. The molecule has 2 aromatic heterocycles. The maximum atomic E-state index is 13.2. The molecule has 0 fully saturated rings. The molecule has 9 heteroatoms. The first-order valence-corrected chi connectivity index (χ1v) is 10.6. The van der Waals surface area contributed by atoms with E-state index in [4.69, 9.17) is 16.3 Å². The Balaban J connectivity index is 1.52. The maximum absolute atomic E-state index is 13.2. The number of nitrogens with one attached hydrogen (secondary N) is 1. The highest BCUT2D eigenvalue weighted by molar-refractivity contribution is 6.30. The van der Waals surface area contributed by atoms with E-state index in [1.807, 2.05) is 38.1 Å². The van der Waals surface area contributed by atoms with E-state index in [0.29, 0.717) is 27.5 Å². The molecular weight excluding hydrogens is 442 g/mol. The molecule has 2 heterocycles. The number of hydrogen-bond donors (Lipinski definition) is 1. The second-order valence-corrected chi connectivity index (χ2v) is 7.90. The smallest absolute Gasteiger partial charge is 0.280 e. The van der Waals surface area contributed by atoms with Crippen molar-refractivity contribution >= 4 is 34.6 Å². The minimum absolute atomic E-state index is 0.156. The molecule has 4 aromatic rings. The predicted octanol–water partition coefficient (Wildman–Crippen LogP) is 3.62. The lowest BCUT2D eigenvalue weighted by atomic mass is 10.2. The monoisotopic (exact) mass is 463 g/mol. The van der Waals surface area contributed by atoms with Gasteiger partial charge in [0.2, 0.25) is 0 Å². The Morgan fingerprint density at radius 3 is 2.61 bits per heavy atom. The average Bonchev–Trinajstić information content (AvgIpc) is 3.07. The van der Waals surface area contributed by atoms with Crippen molar-refractivity contribution < 1.29 is 9.53 Å². The third-order valence-electron chi connectivity index (χ3n) is 5.13. The summed E-state index contributed by atoms with van der Waals surface area (Å²) in [6.07, 6.45) is 1.54. The van der Waals surface area contributed by atoms with E-state index in [1.165, 1.54) is 6.21 Å². The minimum atomic E-state index is -0.402. The summed E-state index contributed by atoms with van der Waals surface area (Å²) in [7, 11) is 0. The molecule has 0 aliphatic carbocycles. The van der Waals surface area contributed by atoms with Gasteiger partial charge in [-0.05, 0) is 63.2 Å². The number of aryl methyl sites for hydroxylation is 2. The summed E-state index contributed by atoms with van der Waals surface area (Å²) in [5.74, 6) is 0.698. The van der Waals surface area contributed by atoms with Crippen LogP contribution in [0.3, 0.4) is 0 Å². The summed E-state index contributed by atoms with van der Waals surface area (Å²) < 4.78 is 8.74. The van der Waals surface area contributed by atoms with Gasteiger partial charge in [0.05, 0.1) is 17.1 Å². The number of hydrogen-bond acceptors (Lipinski definition) is 5. The van der Waals surface area contributed by atoms with Gasteiger partial charge in [0.25, 0.3) is 11.5 Å². The number of nitrogens with zero attached hydrogens (tertiary/aromatic N) is 4. The minimum Gasteiger partial charge on any atom is -0.484 e. The average molecular weight is 464 g/mol. The first-order chi connectivity index (χ1) is 15.8. The summed E-state index contributed by atoms with van der Waals surface area (Å²) in [6, 6.07) is 15.9. The van der Waals surface area contributed by atoms with Crippen molar-refractivity contribution in [2.45, 2.75) is 20.8 Å². The molecule has 33 heavy (non-hydrogen) atoms. The first-order valence-electron chi connectivity index (χ1n) is 10.2. The van der Waals surface area contributed by atoms with E-state index in [2.05, 4.69) is 15.5 Å². The van der Waals surface area contributed by atoms with Gasteiger partial charge in [0.15, 0.2) is 6.61 Å². The number of amides is 1. The van der Waals surface area contributed by atoms with E-state index in [0.717, 1.165) is 17.0 Å². The fraction of sp³-hybridized carbons (Fsp3) is 0.167. The van der Waals surface area contributed by atoms with Gasteiger partial charge in [0, 0.05) is 22.0 Å². The van der Waals surface area contributed by atoms with Crippen molar-refractivity contribution in [1.29, 1.82) is 0 Å². The van der Waals surface area contributed by atoms with Crippen LogP contribution in [-0.2, 0) is 4.79 Å².